The van der Waals surface area contributed by atoms with Crippen molar-refractivity contribution in [3.8, 4) is 5.75 Å². The summed E-state index contributed by atoms with van der Waals surface area (Å²) >= 11 is 12.3. The summed E-state index contributed by atoms with van der Waals surface area (Å²) in [6.45, 7) is 1.45. The molecule has 3 nitrogen and oxygen atoms in total. The van der Waals surface area contributed by atoms with Gasteiger partial charge in [0.25, 0.3) is 0 Å². The van der Waals surface area contributed by atoms with E-state index in [1.54, 1.807) is 19.2 Å². The van der Waals surface area contributed by atoms with E-state index in [1.807, 2.05) is 0 Å². The third kappa shape index (κ3) is 2.68. The lowest BCUT2D eigenvalue weighted by Gasteiger charge is -2.20. The van der Waals surface area contributed by atoms with E-state index in [-0.39, 0.29) is 6.04 Å². The highest BCUT2D eigenvalue weighted by atomic mass is 35.5. The molecule has 2 rings (SSSR count). The normalized spacial score (nSPS) is 21.5. The van der Waals surface area contributed by atoms with Gasteiger partial charge >= 0.3 is 0 Å². The summed E-state index contributed by atoms with van der Waals surface area (Å²) in [6.07, 6.45) is 0.959. The van der Waals surface area contributed by atoms with E-state index >= 15 is 0 Å². The van der Waals surface area contributed by atoms with Crippen molar-refractivity contribution >= 4 is 23.2 Å². The van der Waals surface area contributed by atoms with Crippen LogP contribution < -0.4 is 10.5 Å². The Kier molecular flexibility index (Phi) is 4.15. The molecule has 0 aliphatic carbocycles. The van der Waals surface area contributed by atoms with Crippen LogP contribution in [0.2, 0.25) is 10.0 Å². The molecule has 0 aromatic heterocycles. The number of benzene rings is 1. The zero-order valence-electron chi connectivity index (χ0n) is 9.58. The van der Waals surface area contributed by atoms with E-state index in [0.29, 0.717) is 28.3 Å². The first-order valence-corrected chi connectivity index (χ1v) is 6.25. The highest BCUT2D eigenvalue weighted by molar-refractivity contribution is 6.34. The Hall–Kier alpha value is -0.480. The lowest BCUT2D eigenvalue weighted by atomic mass is 9.93. The molecule has 5 heteroatoms. The van der Waals surface area contributed by atoms with Crippen molar-refractivity contribution in [2.45, 2.75) is 12.5 Å². The topological polar surface area (TPSA) is 44.5 Å². The summed E-state index contributed by atoms with van der Waals surface area (Å²) < 4.78 is 10.4. The average Bonchev–Trinajstić information content (AvgIpc) is 2.84. The SMILES string of the molecule is COc1cc(Cl)c(C(N)C2CCOC2)cc1Cl. The summed E-state index contributed by atoms with van der Waals surface area (Å²) in [5.41, 5.74) is 7.05. The van der Waals surface area contributed by atoms with Gasteiger partial charge in [-0.1, -0.05) is 23.2 Å². The van der Waals surface area contributed by atoms with Gasteiger partial charge in [-0.05, 0) is 18.1 Å². The third-order valence-electron chi connectivity index (χ3n) is 3.10. The van der Waals surface area contributed by atoms with Crippen LogP contribution in [-0.2, 0) is 4.74 Å². The Balaban J connectivity index is 2.28. The van der Waals surface area contributed by atoms with Gasteiger partial charge in [0.1, 0.15) is 5.75 Å². The Morgan fingerprint density at radius 2 is 2.18 bits per heavy atom. The van der Waals surface area contributed by atoms with Crippen LogP contribution in [0.25, 0.3) is 0 Å². The van der Waals surface area contributed by atoms with Crippen molar-refractivity contribution < 1.29 is 9.47 Å². The van der Waals surface area contributed by atoms with Gasteiger partial charge in [-0.2, -0.15) is 0 Å². The van der Waals surface area contributed by atoms with Crippen molar-refractivity contribution in [3.63, 3.8) is 0 Å². The summed E-state index contributed by atoms with van der Waals surface area (Å²) in [5, 5.41) is 1.12. The molecule has 0 radical (unpaired) electrons. The van der Waals surface area contributed by atoms with Crippen molar-refractivity contribution in [2.75, 3.05) is 20.3 Å². The second-order valence-electron chi connectivity index (χ2n) is 4.16. The zero-order chi connectivity index (χ0) is 12.4. The van der Waals surface area contributed by atoms with Gasteiger partial charge in [0.2, 0.25) is 0 Å². The summed E-state index contributed by atoms with van der Waals surface area (Å²) in [4.78, 5) is 0. The Morgan fingerprint density at radius 3 is 2.76 bits per heavy atom. The second-order valence-corrected chi connectivity index (χ2v) is 4.97. The van der Waals surface area contributed by atoms with Gasteiger partial charge in [-0.3, -0.25) is 0 Å². The molecular weight excluding hydrogens is 261 g/mol. The van der Waals surface area contributed by atoms with Gasteiger partial charge in [-0.15, -0.1) is 0 Å². The predicted molar refractivity (Wildman–Crippen MR) is 68.9 cm³/mol. The average molecular weight is 276 g/mol. The number of ether oxygens (including phenoxy) is 2. The molecule has 0 spiro atoms. The summed E-state index contributed by atoms with van der Waals surface area (Å²) in [7, 11) is 1.56. The predicted octanol–water partition coefficient (Wildman–Crippen LogP) is 3.04. The molecule has 0 saturated carbocycles. The summed E-state index contributed by atoms with van der Waals surface area (Å²) in [5.74, 6) is 0.868. The van der Waals surface area contributed by atoms with Crippen molar-refractivity contribution in [1.82, 2.24) is 0 Å². The monoisotopic (exact) mass is 275 g/mol. The first-order valence-electron chi connectivity index (χ1n) is 5.49. The molecule has 1 heterocycles. The molecule has 0 amide bonds. The van der Waals surface area contributed by atoms with Gasteiger partial charge in [0, 0.05) is 29.7 Å². The van der Waals surface area contributed by atoms with E-state index in [9.17, 15) is 0 Å². The first kappa shape index (κ1) is 13.0. The number of hydrogen-bond acceptors (Lipinski definition) is 3. The van der Waals surface area contributed by atoms with Crippen molar-refractivity contribution in [3.05, 3.63) is 27.7 Å². The molecule has 1 aliphatic heterocycles. The Morgan fingerprint density at radius 1 is 1.41 bits per heavy atom. The zero-order valence-corrected chi connectivity index (χ0v) is 11.1. The number of rotatable bonds is 3. The molecule has 2 unspecified atom stereocenters. The largest absolute Gasteiger partial charge is 0.495 e. The molecule has 17 heavy (non-hydrogen) atoms. The number of methoxy groups -OCH3 is 1. The van der Waals surface area contributed by atoms with E-state index in [1.165, 1.54) is 0 Å². The molecule has 94 valence electrons. The minimum Gasteiger partial charge on any atom is -0.495 e. The van der Waals surface area contributed by atoms with Crippen LogP contribution in [0.3, 0.4) is 0 Å². The number of hydrogen-bond donors (Lipinski definition) is 1. The highest BCUT2D eigenvalue weighted by Gasteiger charge is 2.26. The van der Waals surface area contributed by atoms with E-state index < -0.39 is 0 Å². The third-order valence-corrected chi connectivity index (χ3v) is 3.73. The fraction of sp³-hybridized carbons (Fsp3) is 0.500. The van der Waals surface area contributed by atoms with Crippen LogP contribution in [0.4, 0.5) is 0 Å². The van der Waals surface area contributed by atoms with Crippen LogP contribution in [0.15, 0.2) is 12.1 Å². The summed E-state index contributed by atoms with van der Waals surface area (Å²) in [6, 6.07) is 3.34. The van der Waals surface area contributed by atoms with E-state index in [4.69, 9.17) is 38.4 Å². The van der Waals surface area contributed by atoms with Gasteiger partial charge < -0.3 is 15.2 Å². The quantitative estimate of drug-likeness (QED) is 0.922. The lowest BCUT2D eigenvalue weighted by molar-refractivity contribution is 0.181. The second kappa shape index (κ2) is 5.44. The minimum atomic E-state index is -0.145. The lowest BCUT2D eigenvalue weighted by Crippen LogP contribution is -2.22. The molecule has 0 bridgehead atoms. The number of halogens is 2. The first-order chi connectivity index (χ1) is 8.13. The van der Waals surface area contributed by atoms with Crippen molar-refractivity contribution in [2.24, 2.45) is 11.7 Å². The maximum Gasteiger partial charge on any atom is 0.138 e. The Bertz CT molecular complexity index is 406. The molecule has 1 aromatic rings. The molecule has 1 saturated heterocycles. The number of nitrogens with two attached hydrogens (primary N) is 1. The van der Waals surface area contributed by atoms with E-state index in [0.717, 1.165) is 18.6 Å². The standard InChI is InChI=1S/C12H15Cl2NO2/c1-16-11-5-9(13)8(4-10(11)14)12(15)7-2-3-17-6-7/h4-5,7,12H,2-3,6,15H2,1H3. The molecule has 2 N–H and O–H groups in total. The molecule has 2 atom stereocenters. The van der Waals surface area contributed by atoms with Crippen LogP contribution in [0.5, 0.6) is 5.75 Å². The van der Waals surface area contributed by atoms with Crippen LogP contribution in [-0.4, -0.2) is 20.3 Å². The van der Waals surface area contributed by atoms with Crippen LogP contribution in [0, 0.1) is 5.92 Å². The van der Waals surface area contributed by atoms with Gasteiger partial charge in [-0.25, -0.2) is 0 Å². The minimum absolute atomic E-state index is 0.145. The molecule has 1 aromatic carbocycles. The molecule has 1 aliphatic rings. The van der Waals surface area contributed by atoms with Gasteiger partial charge in [0.05, 0.1) is 18.7 Å². The molecule has 1 fully saturated rings. The highest BCUT2D eigenvalue weighted by Crippen LogP contribution is 2.37. The van der Waals surface area contributed by atoms with Crippen LogP contribution in [0.1, 0.15) is 18.0 Å². The Labute approximate surface area is 111 Å². The fourth-order valence-electron chi connectivity index (χ4n) is 2.05. The molecular formula is C12H15Cl2NO2. The fourth-order valence-corrected chi connectivity index (χ4v) is 2.57. The van der Waals surface area contributed by atoms with E-state index in [2.05, 4.69) is 0 Å². The van der Waals surface area contributed by atoms with Crippen LogP contribution >= 0.6 is 23.2 Å². The smallest absolute Gasteiger partial charge is 0.138 e. The van der Waals surface area contributed by atoms with Gasteiger partial charge in [0.15, 0.2) is 0 Å². The maximum absolute atomic E-state index is 6.20. The maximum atomic E-state index is 6.20. The van der Waals surface area contributed by atoms with Crippen molar-refractivity contribution in [1.29, 1.82) is 0 Å².